The molecule has 1 unspecified atom stereocenters. The molecule has 0 aromatic rings. The molecule has 1 N–H and O–H groups in total. The lowest BCUT2D eigenvalue weighted by Crippen LogP contribution is -2.41. The molecule has 17 heavy (non-hydrogen) atoms. The largest absolute Gasteiger partial charge is 0.389 e. The Labute approximate surface area is 105 Å². The molecular weight excluding hydrogens is 216 g/mol. The number of β-amino-alcohol motifs (C(OH)–C–C–N with tert-alkyl or cyclic N) is 1. The quantitative estimate of drug-likeness (QED) is 0.758. The van der Waals surface area contributed by atoms with Crippen molar-refractivity contribution >= 4 is 5.91 Å². The Kier molecular flexibility index (Phi) is 5.40. The van der Waals surface area contributed by atoms with Gasteiger partial charge in [-0.3, -0.25) is 9.69 Å². The Hall–Kier alpha value is -0.610. The van der Waals surface area contributed by atoms with E-state index in [1.54, 1.807) is 0 Å². The van der Waals surface area contributed by atoms with Gasteiger partial charge in [0.05, 0.1) is 12.1 Å². The third-order valence-electron chi connectivity index (χ3n) is 3.23. The van der Waals surface area contributed by atoms with Crippen molar-refractivity contribution in [2.45, 2.75) is 45.6 Å². The predicted octanol–water partition coefficient (Wildman–Crippen LogP) is 1.09. The first-order valence-corrected chi connectivity index (χ1v) is 6.71. The number of hydrogen-bond acceptors (Lipinski definition) is 3. The van der Waals surface area contributed by atoms with Gasteiger partial charge in [0.25, 0.3) is 0 Å². The van der Waals surface area contributed by atoms with E-state index in [0.29, 0.717) is 13.1 Å². The molecular formula is C13H26N2O2. The van der Waals surface area contributed by atoms with Crippen LogP contribution < -0.4 is 0 Å². The standard InChI is InChI=1S/C13H26N2O2/c1-4-7-15(8-5-2)12(16)10-14-9-6-13(3,17)11-14/h17H,4-11H2,1-3H3. The molecule has 1 saturated heterocycles. The third kappa shape index (κ3) is 4.64. The van der Waals surface area contributed by atoms with Crippen LogP contribution in [0.3, 0.4) is 0 Å². The number of carbonyl (C=O) groups is 1. The van der Waals surface area contributed by atoms with Crippen molar-refractivity contribution in [1.82, 2.24) is 9.80 Å². The summed E-state index contributed by atoms with van der Waals surface area (Å²) >= 11 is 0. The van der Waals surface area contributed by atoms with Crippen molar-refractivity contribution < 1.29 is 9.90 Å². The SMILES string of the molecule is CCCN(CCC)C(=O)CN1CCC(C)(O)C1. The van der Waals surface area contributed by atoms with Crippen LogP contribution in [0.25, 0.3) is 0 Å². The lowest BCUT2D eigenvalue weighted by atomic mass is 10.1. The fraction of sp³-hybridized carbons (Fsp3) is 0.923. The van der Waals surface area contributed by atoms with Crippen LogP contribution in [-0.4, -0.2) is 59.1 Å². The number of rotatable bonds is 6. The molecule has 0 spiro atoms. The van der Waals surface area contributed by atoms with Crippen molar-refractivity contribution in [2.24, 2.45) is 0 Å². The summed E-state index contributed by atoms with van der Waals surface area (Å²) in [5.41, 5.74) is -0.610. The zero-order valence-electron chi connectivity index (χ0n) is 11.4. The highest BCUT2D eigenvalue weighted by atomic mass is 16.3. The topological polar surface area (TPSA) is 43.8 Å². The predicted molar refractivity (Wildman–Crippen MR) is 68.8 cm³/mol. The molecule has 1 aliphatic rings. The van der Waals surface area contributed by atoms with E-state index in [1.165, 1.54) is 0 Å². The first-order chi connectivity index (χ1) is 7.98. The summed E-state index contributed by atoms with van der Waals surface area (Å²) in [4.78, 5) is 16.1. The van der Waals surface area contributed by atoms with Gasteiger partial charge in [0.2, 0.25) is 5.91 Å². The molecule has 0 saturated carbocycles. The van der Waals surface area contributed by atoms with Crippen molar-refractivity contribution in [2.75, 3.05) is 32.7 Å². The lowest BCUT2D eigenvalue weighted by molar-refractivity contribution is -0.132. The molecule has 100 valence electrons. The summed E-state index contributed by atoms with van der Waals surface area (Å²) in [6, 6.07) is 0. The van der Waals surface area contributed by atoms with Crippen LogP contribution in [0.5, 0.6) is 0 Å². The van der Waals surface area contributed by atoms with Gasteiger partial charge in [-0.25, -0.2) is 0 Å². The number of nitrogens with zero attached hydrogens (tertiary/aromatic N) is 2. The summed E-state index contributed by atoms with van der Waals surface area (Å²) in [6.45, 7) is 9.61. The van der Waals surface area contributed by atoms with Gasteiger partial charge in [-0.15, -0.1) is 0 Å². The molecule has 1 aliphatic heterocycles. The van der Waals surface area contributed by atoms with Crippen LogP contribution in [0.15, 0.2) is 0 Å². The minimum absolute atomic E-state index is 0.200. The molecule has 1 amide bonds. The maximum Gasteiger partial charge on any atom is 0.236 e. The minimum atomic E-state index is -0.610. The second-order valence-corrected chi connectivity index (χ2v) is 5.34. The number of hydrogen-bond donors (Lipinski definition) is 1. The van der Waals surface area contributed by atoms with Crippen molar-refractivity contribution in [3.8, 4) is 0 Å². The van der Waals surface area contributed by atoms with Gasteiger partial charge in [-0.2, -0.15) is 0 Å². The first kappa shape index (κ1) is 14.5. The van der Waals surface area contributed by atoms with Crippen LogP contribution >= 0.6 is 0 Å². The van der Waals surface area contributed by atoms with Crippen molar-refractivity contribution in [3.63, 3.8) is 0 Å². The van der Waals surface area contributed by atoms with E-state index < -0.39 is 5.60 Å². The molecule has 4 nitrogen and oxygen atoms in total. The third-order valence-corrected chi connectivity index (χ3v) is 3.23. The van der Waals surface area contributed by atoms with Gasteiger partial charge >= 0.3 is 0 Å². The monoisotopic (exact) mass is 242 g/mol. The highest BCUT2D eigenvalue weighted by Crippen LogP contribution is 2.19. The van der Waals surface area contributed by atoms with E-state index in [4.69, 9.17) is 0 Å². The molecule has 0 aromatic heterocycles. The van der Waals surface area contributed by atoms with Gasteiger partial charge in [-0.1, -0.05) is 13.8 Å². The molecule has 1 atom stereocenters. The molecule has 4 heteroatoms. The first-order valence-electron chi connectivity index (χ1n) is 6.71. The highest BCUT2D eigenvalue weighted by Gasteiger charge is 2.32. The Balaban J connectivity index is 2.41. The zero-order chi connectivity index (χ0) is 12.9. The fourth-order valence-corrected chi connectivity index (χ4v) is 2.37. The van der Waals surface area contributed by atoms with Gasteiger partial charge < -0.3 is 10.0 Å². The number of likely N-dealkylation sites (tertiary alicyclic amines) is 1. The van der Waals surface area contributed by atoms with E-state index in [-0.39, 0.29) is 5.91 Å². The molecule has 1 heterocycles. The van der Waals surface area contributed by atoms with E-state index >= 15 is 0 Å². The maximum absolute atomic E-state index is 12.1. The molecule has 0 aromatic carbocycles. The maximum atomic E-state index is 12.1. The van der Waals surface area contributed by atoms with E-state index in [9.17, 15) is 9.90 Å². The Bertz CT molecular complexity index is 248. The molecule has 0 aliphatic carbocycles. The van der Waals surface area contributed by atoms with E-state index in [2.05, 4.69) is 18.7 Å². The number of amides is 1. The van der Waals surface area contributed by atoms with Crippen LogP contribution in [0.4, 0.5) is 0 Å². The number of carbonyl (C=O) groups excluding carboxylic acids is 1. The van der Waals surface area contributed by atoms with Crippen LogP contribution in [0.1, 0.15) is 40.0 Å². The summed E-state index contributed by atoms with van der Waals surface area (Å²) in [5.74, 6) is 0.200. The summed E-state index contributed by atoms with van der Waals surface area (Å²) in [6.07, 6.45) is 2.77. The normalized spacial score (nSPS) is 25.2. The van der Waals surface area contributed by atoms with Crippen LogP contribution in [0, 0.1) is 0 Å². The van der Waals surface area contributed by atoms with Gasteiger partial charge in [-0.05, 0) is 26.2 Å². The van der Waals surface area contributed by atoms with Crippen molar-refractivity contribution in [3.05, 3.63) is 0 Å². The second-order valence-electron chi connectivity index (χ2n) is 5.34. The molecule has 0 radical (unpaired) electrons. The molecule has 1 fully saturated rings. The van der Waals surface area contributed by atoms with E-state index in [0.717, 1.165) is 38.9 Å². The molecule has 0 bridgehead atoms. The summed E-state index contributed by atoms with van der Waals surface area (Å²) in [7, 11) is 0. The second kappa shape index (κ2) is 6.36. The van der Waals surface area contributed by atoms with Crippen LogP contribution in [-0.2, 0) is 4.79 Å². The Morgan fingerprint density at radius 2 is 1.94 bits per heavy atom. The lowest BCUT2D eigenvalue weighted by Gasteiger charge is -2.25. The Morgan fingerprint density at radius 1 is 1.35 bits per heavy atom. The zero-order valence-corrected chi connectivity index (χ0v) is 11.4. The van der Waals surface area contributed by atoms with Gasteiger partial charge in [0.15, 0.2) is 0 Å². The minimum Gasteiger partial charge on any atom is -0.389 e. The smallest absolute Gasteiger partial charge is 0.236 e. The fourth-order valence-electron chi connectivity index (χ4n) is 2.37. The summed E-state index contributed by atoms with van der Waals surface area (Å²) in [5, 5.41) is 9.86. The average Bonchev–Trinajstić information content (AvgIpc) is 2.57. The Morgan fingerprint density at radius 3 is 2.35 bits per heavy atom. The van der Waals surface area contributed by atoms with E-state index in [1.807, 2.05) is 11.8 Å². The molecule has 1 rings (SSSR count). The van der Waals surface area contributed by atoms with Gasteiger partial charge in [0, 0.05) is 26.2 Å². The van der Waals surface area contributed by atoms with Gasteiger partial charge in [0.1, 0.15) is 0 Å². The highest BCUT2D eigenvalue weighted by molar-refractivity contribution is 5.78. The number of aliphatic hydroxyl groups is 1. The average molecular weight is 242 g/mol. The van der Waals surface area contributed by atoms with Crippen molar-refractivity contribution in [1.29, 1.82) is 0 Å². The summed E-state index contributed by atoms with van der Waals surface area (Å²) < 4.78 is 0. The van der Waals surface area contributed by atoms with Crippen LogP contribution in [0.2, 0.25) is 0 Å².